The summed E-state index contributed by atoms with van der Waals surface area (Å²) in [5.41, 5.74) is 2.89. The van der Waals surface area contributed by atoms with Gasteiger partial charge >= 0.3 is 0 Å². The van der Waals surface area contributed by atoms with E-state index in [4.69, 9.17) is 9.47 Å². The number of nitrogens with one attached hydrogen (secondary N) is 3. The zero-order valence-corrected chi connectivity index (χ0v) is 26.7. The number of carbonyl (C=O) groups excluding carboxylic acids is 1. The summed E-state index contributed by atoms with van der Waals surface area (Å²) >= 11 is 0. The molecule has 0 aliphatic carbocycles. The standard InChI is InChI=1S/C32H35N7O5S/c1-32(2,3)21-17-23(29(43-5)24(18-21)38-45(6,41)42)36-30(40)25-16-20-10-9-12-26(28(20)39(25)4)44-27-13-15-34-31(37-27)35-19-22-11-7-8-14-33-22/h7-18,38H,19H2,1-6H3,(H,36,40)(H,34,35,37). The fraction of sp³-hybridized carbons (Fsp3) is 0.250. The molecule has 1 amide bonds. The third-order valence-corrected chi connectivity index (χ3v) is 7.54. The minimum atomic E-state index is -3.62. The van der Waals surface area contributed by atoms with Crippen LogP contribution in [0.4, 0.5) is 17.3 Å². The predicted octanol–water partition coefficient (Wildman–Crippen LogP) is 5.70. The van der Waals surface area contributed by atoms with E-state index in [-0.39, 0.29) is 16.9 Å². The smallest absolute Gasteiger partial charge is 0.272 e. The highest BCUT2D eigenvalue weighted by Crippen LogP contribution is 2.40. The number of benzene rings is 2. The van der Waals surface area contributed by atoms with E-state index in [9.17, 15) is 13.2 Å². The Hall–Kier alpha value is -5.17. The van der Waals surface area contributed by atoms with Gasteiger partial charge in [0.2, 0.25) is 21.9 Å². The van der Waals surface area contributed by atoms with Crippen LogP contribution in [0.15, 0.2) is 73.1 Å². The van der Waals surface area contributed by atoms with E-state index in [0.29, 0.717) is 41.0 Å². The van der Waals surface area contributed by atoms with Gasteiger partial charge in [0.1, 0.15) is 5.69 Å². The number of nitrogens with zero attached hydrogens (tertiary/aromatic N) is 4. The Morgan fingerprint density at radius 1 is 0.978 bits per heavy atom. The fourth-order valence-electron chi connectivity index (χ4n) is 4.79. The largest absolute Gasteiger partial charge is 0.492 e. The third-order valence-electron chi connectivity index (χ3n) is 6.95. The van der Waals surface area contributed by atoms with E-state index >= 15 is 0 Å². The molecule has 12 nitrogen and oxygen atoms in total. The second-order valence-corrected chi connectivity index (χ2v) is 13.2. The highest BCUT2D eigenvalue weighted by atomic mass is 32.2. The van der Waals surface area contributed by atoms with Crippen molar-refractivity contribution >= 4 is 44.2 Å². The van der Waals surface area contributed by atoms with Crippen LogP contribution in [-0.4, -0.2) is 47.2 Å². The van der Waals surface area contributed by atoms with Crippen molar-refractivity contribution in [3.63, 3.8) is 0 Å². The number of methoxy groups -OCH3 is 1. The van der Waals surface area contributed by atoms with Crippen molar-refractivity contribution in [1.82, 2.24) is 19.5 Å². The number of amides is 1. The summed E-state index contributed by atoms with van der Waals surface area (Å²) in [6, 6.07) is 18.1. The molecule has 3 N–H and O–H groups in total. The molecule has 5 rings (SSSR count). The molecule has 0 spiro atoms. The van der Waals surface area contributed by atoms with Crippen LogP contribution in [0.1, 0.15) is 42.5 Å². The number of anilines is 3. The Bertz CT molecular complexity index is 1970. The van der Waals surface area contributed by atoms with Gasteiger partial charge in [-0.25, -0.2) is 13.4 Å². The lowest BCUT2D eigenvalue weighted by atomic mass is 9.86. The van der Waals surface area contributed by atoms with Gasteiger partial charge in [-0.15, -0.1) is 0 Å². The number of hydrogen-bond acceptors (Lipinski definition) is 9. The quantitative estimate of drug-likeness (QED) is 0.177. The minimum Gasteiger partial charge on any atom is -0.492 e. The zero-order chi connectivity index (χ0) is 32.4. The van der Waals surface area contributed by atoms with Gasteiger partial charge in [-0.2, -0.15) is 4.98 Å². The van der Waals surface area contributed by atoms with Crippen molar-refractivity contribution < 1.29 is 22.7 Å². The molecular formula is C32H35N7O5S. The molecule has 45 heavy (non-hydrogen) atoms. The molecular weight excluding hydrogens is 594 g/mol. The fourth-order valence-corrected chi connectivity index (χ4v) is 5.34. The molecule has 0 saturated heterocycles. The molecule has 13 heteroatoms. The van der Waals surface area contributed by atoms with E-state index in [0.717, 1.165) is 22.9 Å². The number of hydrogen-bond donors (Lipinski definition) is 3. The minimum absolute atomic E-state index is 0.195. The Morgan fingerprint density at radius 2 is 1.76 bits per heavy atom. The maximum atomic E-state index is 13.7. The number of rotatable bonds is 10. The predicted molar refractivity (Wildman–Crippen MR) is 175 cm³/mol. The van der Waals surface area contributed by atoms with Crippen LogP contribution in [-0.2, 0) is 29.0 Å². The van der Waals surface area contributed by atoms with Crippen LogP contribution in [0.25, 0.3) is 10.9 Å². The van der Waals surface area contributed by atoms with E-state index < -0.39 is 15.9 Å². The number of pyridine rings is 1. The van der Waals surface area contributed by atoms with Crippen molar-refractivity contribution in [3.8, 4) is 17.4 Å². The number of ether oxygens (including phenoxy) is 2. The van der Waals surface area contributed by atoms with Gasteiger partial charge in [0.15, 0.2) is 11.5 Å². The van der Waals surface area contributed by atoms with Crippen molar-refractivity contribution in [2.24, 2.45) is 7.05 Å². The first-order valence-corrected chi connectivity index (χ1v) is 16.0. The molecule has 3 heterocycles. The monoisotopic (exact) mass is 629 g/mol. The van der Waals surface area contributed by atoms with E-state index in [1.807, 2.05) is 51.1 Å². The topological polar surface area (TPSA) is 149 Å². The molecule has 2 aromatic carbocycles. The molecule has 0 aliphatic rings. The molecule has 3 aromatic heterocycles. The average Bonchev–Trinajstić information content (AvgIpc) is 3.33. The lowest BCUT2D eigenvalue weighted by molar-refractivity contribution is 0.101. The summed E-state index contributed by atoms with van der Waals surface area (Å²) in [4.78, 5) is 26.8. The molecule has 0 fully saturated rings. The lowest BCUT2D eigenvalue weighted by Crippen LogP contribution is -2.19. The second-order valence-electron chi connectivity index (χ2n) is 11.5. The number of fused-ring (bicyclic) bond motifs is 1. The van der Waals surface area contributed by atoms with E-state index in [2.05, 4.69) is 30.3 Å². The highest BCUT2D eigenvalue weighted by Gasteiger charge is 2.24. The summed E-state index contributed by atoms with van der Waals surface area (Å²) in [6.07, 6.45) is 4.38. The van der Waals surface area contributed by atoms with Gasteiger partial charge in [-0.3, -0.25) is 14.5 Å². The van der Waals surface area contributed by atoms with Crippen LogP contribution < -0.4 is 24.8 Å². The molecule has 0 atom stereocenters. The average molecular weight is 630 g/mol. The molecule has 234 valence electrons. The van der Waals surface area contributed by atoms with Gasteiger partial charge in [0.05, 0.1) is 42.5 Å². The van der Waals surface area contributed by atoms with Crippen molar-refractivity contribution in [1.29, 1.82) is 0 Å². The van der Waals surface area contributed by atoms with E-state index in [1.54, 1.807) is 54.3 Å². The number of aromatic nitrogens is 4. The molecule has 0 aliphatic heterocycles. The number of aryl methyl sites for hydroxylation is 1. The molecule has 0 radical (unpaired) electrons. The Balaban J connectivity index is 1.44. The first-order chi connectivity index (χ1) is 21.3. The van der Waals surface area contributed by atoms with Crippen molar-refractivity contribution in [3.05, 3.63) is 90.0 Å². The SMILES string of the molecule is COc1c(NC(=O)c2cc3cccc(Oc4ccnc(NCc5ccccn5)n4)c3n2C)cc(C(C)(C)C)cc1NS(C)(=O)=O. The summed E-state index contributed by atoms with van der Waals surface area (Å²) in [7, 11) is -0.433. The Labute approximate surface area is 261 Å². The molecule has 0 unspecified atom stereocenters. The maximum absolute atomic E-state index is 13.7. The van der Waals surface area contributed by atoms with Gasteiger partial charge in [0, 0.05) is 30.9 Å². The van der Waals surface area contributed by atoms with Gasteiger partial charge in [-0.1, -0.05) is 39.0 Å². The first-order valence-electron chi connectivity index (χ1n) is 14.1. The summed E-state index contributed by atoms with van der Waals surface area (Å²) < 4.78 is 40.2. The third kappa shape index (κ3) is 7.32. The van der Waals surface area contributed by atoms with Gasteiger partial charge in [-0.05, 0) is 47.4 Å². The van der Waals surface area contributed by atoms with Crippen LogP contribution in [0.3, 0.4) is 0 Å². The van der Waals surface area contributed by atoms with Gasteiger partial charge in [0.25, 0.3) is 5.91 Å². The highest BCUT2D eigenvalue weighted by molar-refractivity contribution is 7.92. The summed E-state index contributed by atoms with van der Waals surface area (Å²) in [5, 5.41) is 6.85. The summed E-state index contributed by atoms with van der Waals surface area (Å²) in [5.74, 6) is 0.977. The maximum Gasteiger partial charge on any atom is 0.272 e. The van der Waals surface area contributed by atoms with Crippen molar-refractivity contribution in [2.75, 3.05) is 28.7 Å². The molecule has 0 bridgehead atoms. The first kappa shape index (κ1) is 31.3. The van der Waals surface area contributed by atoms with Crippen molar-refractivity contribution in [2.45, 2.75) is 32.7 Å². The van der Waals surface area contributed by atoms with Gasteiger partial charge < -0.3 is 24.7 Å². The van der Waals surface area contributed by atoms with Crippen LogP contribution in [0.2, 0.25) is 0 Å². The second kappa shape index (κ2) is 12.4. The number of carbonyl (C=O) groups is 1. The normalized spacial score (nSPS) is 11.7. The zero-order valence-electron chi connectivity index (χ0n) is 25.9. The lowest BCUT2D eigenvalue weighted by Gasteiger charge is -2.24. The molecule has 0 saturated carbocycles. The van der Waals surface area contributed by atoms with E-state index in [1.165, 1.54) is 7.11 Å². The number of para-hydroxylation sites is 1. The Morgan fingerprint density at radius 3 is 2.44 bits per heavy atom. The van der Waals surface area contributed by atoms with Crippen LogP contribution in [0, 0.1) is 0 Å². The molecule has 5 aromatic rings. The number of sulfonamides is 1. The van der Waals surface area contributed by atoms with Crippen LogP contribution in [0.5, 0.6) is 17.4 Å². The Kier molecular flexibility index (Phi) is 8.64. The summed E-state index contributed by atoms with van der Waals surface area (Å²) in [6.45, 7) is 6.43. The van der Waals surface area contributed by atoms with Crippen LogP contribution >= 0.6 is 0 Å².